The van der Waals surface area contributed by atoms with Crippen molar-refractivity contribution in [2.24, 2.45) is 56.7 Å². The molecule has 9 atom stereocenters. The summed E-state index contributed by atoms with van der Waals surface area (Å²) >= 11 is 0. The minimum Gasteiger partial charge on any atom is -0.494 e. The highest BCUT2D eigenvalue weighted by atomic mass is 16.5. The molecule has 4 nitrogen and oxygen atoms in total. The Morgan fingerprint density at radius 3 is 2.27 bits per heavy atom. The third-order valence-corrected chi connectivity index (χ3v) is 14.8. The molecular formula is C40H56O4. The largest absolute Gasteiger partial charge is 0.494 e. The minimum absolute atomic E-state index is 0.0212. The van der Waals surface area contributed by atoms with E-state index in [1.165, 1.54) is 12.0 Å². The maximum absolute atomic E-state index is 14.2. The summed E-state index contributed by atoms with van der Waals surface area (Å²) < 4.78 is 11.2. The molecule has 5 saturated carbocycles. The highest BCUT2D eigenvalue weighted by Crippen LogP contribution is 2.77. The molecule has 240 valence electrons. The molecule has 44 heavy (non-hydrogen) atoms. The monoisotopic (exact) mass is 600 g/mol. The third-order valence-electron chi connectivity index (χ3n) is 14.8. The zero-order valence-electron chi connectivity index (χ0n) is 28.7. The van der Waals surface area contributed by atoms with Gasteiger partial charge in [-0.05, 0) is 147 Å². The lowest BCUT2D eigenvalue weighted by atomic mass is 9.32. The fourth-order valence-electron chi connectivity index (χ4n) is 12.7. The van der Waals surface area contributed by atoms with Crippen LogP contribution < -0.4 is 4.74 Å². The van der Waals surface area contributed by atoms with Crippen LogP contribution in [0.5, 0.6) is 5.75 Å². The van der Waals surface area contributed by atoms with Gasteiger partial charge in [-0.15, -0.1) is 0 Å². The number of carbonyl (C=O) groups excluding carboxylic acids is 2. The lowest BCUT2D eigenvalue weighted by Gasteiger charge is -2.72. The number of allylic oxidation sites excluding steroid dienone is 2. The summed E-state index contributed by atoms with van der Waals surface area (Å²) in [5.74, 6) is 3.30. The van der Waals surface area contributed by atoms with Crippen LogP contribution in [0.15, 0.2) is 42.0 Å². The zero-order valence-corrected chi connectivity index (χ0v) is 28.7. The topological polar surface area (TPSA) is 52.6 Å². The average Bonchev–Trinajstić information content (AvgIpc) is 3.38. The second-order valence-corrected chi connectivity index (χ2v) is 16.7. The van der Waals surface area contributed by atoms with Crippen LogP contribution in [0.4, 0.5) is 0 Å². The first-order valence-corrected chi connectivity index (χ1v) is 17.4. The van der Waals surface area contributed by atoms with E-state index in [9.17, 15) is 9.59 Å². The number of rotatable bonds is 5. The molecular weight excluding hydrogens is 544 g/mol. The molecule has 0 N–H and O–H groups in total. The SMILES string of the molecule is C=C(C)[C@@H]1CC[C@]2(C(=O)OC)CC[C@]3(C)[C@H](CC[C@@H]4[C@@]5(C)C/C(=C\c6ccc(OCC)cc6)C(=O)C(C)(C)[C@@H]5CC[C@]43C)[C@@H]12. The summed E-state index contributed by atoms with van der Waals surface area (Å²) in [5.41, 5.74) is 2.86. The van der Waals surface area contributed by atoms with Crippen LogP contribution in [0.3, 0.4) is 0 Å². The Balaban J connectivity index is 1.38. The molecule has 0 amide bonds. The number of benzene rings is 1. The van der Waals surface area contributed by atoms with E-state index in [2.05, 4.69) is 66.3 Å². The van der Waals surface area contributed by atoms with E-state index in [1.54, 1.807) is 7.11 Å². The van der Waals surface area contributed by atoms with E-state index in [-0.39, 0.29) is 27.6 Å². The van der Waals surface area contributed by atoms with Gasteiger partial charge < -0.3 is 9.47 Å². The van der Waals surface area contributed by atoms with Crippen molar-refractivity contribution in [1.29, 1.82) is 0 Å². The van der Waals surface area contributed by atoms with Crippen molar-refractivity contribution in [3.63, 3.8) is 0 Å². The molecule has 0 aliphatic heterocycles. The fraction of sp³-hybridized carbons (Fsp3) is 0.700. The van der Waals surface area contributed by atoms with E-state index in [1.807, 2.05) is 19.1 Å². The summed E-state index contributed by atoms with van der Waals surface area (Å²) in [5, 5.41) is 0. The van der Waals surface area contributed by atoms with Gasteiger partial charge in [0, 0.05) is 5.41 Å². The molecule has 0 radical (unpaired) electrons. The molecule has 5 fully saturated rings. The van der Waals surface area contributed by atoms with Gasteiger partial charge in [0.15, 0.2) is 5.78 Å². The summed E-state index contributed by atoms with van der Waals surface area (Å²) in [6.07, 6.45) is 11.6. The number of hydrogen-bond donors (Lipinski definition) is 0. The molecule has 5 aliphatic carbocycles. The molecule has 6 rings (SSSR count). The summed E-state index contributed by atoms with van der Waals surface area (Å²) in [4.78, 5) is 27.7. The van der Waals surface area contributed by atoms with E-state index in [0.29, 0.717) is 42.0 Å². The number of ether oxygens (including phenoxy) is 2. The minimum atomic E-state index is -0.397. The zero-order chi connectivity index (χ0) is 31.9. The molecule has 1 aromatic rings. The standard InChI is InChI=1S/C40H56O4/c1-10-44-28-13-11-26(12-14-28)23-27-24-37(6)31(36(4,5)34(27)41)18-19-39(8)32(37)16-15-30-33-29(25(2)3)17-20-40(33,35(42)43-9)22-21-38(30,39)7/h11-14,23,29-33H,2,10,15-22,24H2,1,3-9H3/b27-23+/t29-,30+,31-,32+,33+,37-,38+,39+,40-/m0/s1. The van der Waals surface area contributed by atoms with Gasteiger partial charge in [-0.3, -0.25) is 9.59 Å². The van der Waals surface area contributed by atoms with E-state index >= 15 is 0 Å². The normalized spacial score (nSPS) is 43.3. The average molecular weight is 601 g/mol. The molecule has 0 unspecified atom stereocenters. The van der Waals surface area contributed by atoms with Gasteiger partial charge in [0.05, 0.1) is 19.1 Å². The summed E-state index contributed by atoms with van der Waals surface area (Å²) in [7, 11) is 1.58. The van der Waals surface area contributed by atoms with Crippen molar-refractivity contribution < 1.29 is 19.1 Å². The van der Waals surface area contributed by atoms with Crippen LogP contribution in [-0.4, -0.2) is 25.5 Å². The van der Waals surface area contributed by atoms with Gasteiger partial charge >= 0.3 is 5.97 Å². The first-order chi connectivity index (χ1) is 20.7. The maximum atomic E-state index is 14.2. The predicted molar refractivity (Wildman–Crippen MR) is 177 cm³/mol. The van der Waals surface area contributed by atoms with E-state index in [4.69, 9.17) is 9.47 Å². The lowest BCUT2D eigenvalue weighted by molar-refractivity contribution is -0.232. The number of carbonyl (C=O) groups is 2. The van der Waals surface area contributed by atoms with Crippen molar-refractivity contribution in [3.8, 4) is 5.75 Å². The molecule has 0 saturated heterocycles. The molecule has 0 aromatic heterocycles. The summed E-state index contributed by atoms with van der Waals surface area (Å²) in [6.45, 7) is 21.5. The van der Waals surface area contributed by atoms with Crippen LogP contribution in [0, 0.1) is 56.7 Å². The molecule has 5 aliphatic rings. The Morgan fingerprint density at radius 1 is 0.932 bits per heavy atom. The lowest BCUT2D eigenvalue weighted by Crippen LogP contribution is -2.67. The van der Waals surface area contributed by atoms with Crippen molar-refractivity contribution in [2.45, 2.75) is 106 Å². The number of esters is 1. The third kappa shape index (κ3) is 4.20. The van der Waals surface area contributed by atoms with Crippen molar-refractivity contribution in [3.05, 3.63) is 47.6 Å². The molecule has 4 heteroatoms. The Hall–Kier alpha value is -2.36. The van der Waals surface area contributed by atoms with Gasteiger partial charge in [0.25, 0.3) is 0 Å². The van der Waals surface area contributed by atoms with Gasteiger partial charge in [-0.2, -0.15) is 0 Å². The van der Waals surface area contributed by atoms with Crippen LogP contribution in [-0.2, 0) is 14.3 Å². The number of methoxy groups -OCH3 is 1. The number of hydrogen-bond acceptors (Lipinski definition) is 4. The van der Waals surface area contributed by atoms with Crippen LogP contribution in [0.1, 0.15) is 112 Å². The van der Waals surface area contributed by atoms with Gasteiger partial charge in [0.2, 0.25) is 0 Å². The van der Waals surface area contributed by atoms with Crippen LogP contribution in [0.25, 0.3) is 6.08 Å². The number of Topliss-reactive ketones (excluding diaryl/α,β-unsaturated/α-hetero) is 1. The number of fused-ring (bicyclic) bond motifs is 7. The smallest absolute Gasteiger partial charge is 0.312 e. The first kappa shape index (κ1) is 31.6. The maximum Gasteiger partial charge on any atom is 0.312 e. The Bertz CT molecular complexity index is 1370. The molecule has 1 aromatic carbocycles. The van der Waals surface area contributed by atoms with Crippen molar-refractivity contribution >= 4 is 17.8 Å². The van der Waals surface area contributed by atoms with Gasteiger partial charge in [-0.1, -0.05) is 58.9 Å². The summed E-state index contributed by atoms with van der Waals surface area (Å²) in [6, 6.07) is 8.19. The first-order valence-electron chi connectivity index (χ1n) is 17.4. The van der Waals surface area contributed by atoms with E-state index in [0.717, 1.165) is 68.3 Å². The fourth-order valence-corrected chi connectivity index (χ4v) is 12.7. The molecule has 0 bridgehead atoms. The second kappa shape index (κ2) is 10.6. The number of ketones is 1. The van der Waals surface area contributed by atoms with Crippen LogP contribution in [0.2, 0.25) is 0 Å². The Morgan fingerprint density at radius 2 is 1.64 bits per heavy atom. The highest BCUT2D eigenvalue weighted by molar-refractivity contribution is 6.04. The highest BCUT2D eigenvalue weighted by Gasteiger charge is 2.72. The predicted octanol–water partition coefficient (Wildman–Crippen LogP) is 9.48. The Labute approximate surface area is 266 Å². The van der Waals surface area contributed by atoms with Crippen molar-refractivity contribution in [1.82, 2.24) is 0 Å². The van der Waals surface area contributed by atoms with E-state index < -0.39 is 5.41 Å². The van der Waals surface area contributed by atoms with Crippen LogP contribution >= 0.6 is 0 Å². The quantitative estimate of drug-likeness (QED) is 0.192. The Kier molecular flexibility index (Phi) is 7.61. The van der Waals surface area contributed by atoms with Gasteiger partial charge in [-0.25, -0.2) is 0 Å². The molecule has 0 spiro atoms. The van der Waals surface area contributed by atoms with Crippen molar-refractivity contribution in [2.75, 3.05) is 13.7 Å². The van der Waals surface area contributed by atoms with Gasteiger partial charge in [0.1, 0.15) is 5.75 Å². The second-order valence-electron chi connectivity index (χ2n) is 16.7. The molecule has 0 heterocycles.